The summed E-state index contributed by atoms with van der Waals surface area (Å²) >= 11 is 0. The van der Waals surface area contributed by atoms with E-state index >= 15 is 0 Å². The maximum Gasteiger partial charge on any atom is 0.160 e. The number of hydrogen-bond acceptors (Lipinski definition) is 5. The number of rotatable bonds is 4. The van der Waals surface area contributed by atoms with Gasteiger partial charge >= 0.3 is 0 Å². The van der Waals surface area contributed by atoms with Crippen LogP contribution >= 0.6 is 0 Å². The maximum absolute atomic E-state index is 14.6. The average Bonchev–Trinajstić information content (AvgIpc) is 3.53. The maximum atomic E-state index is 14.6. The largest absolute Gasteiger partial charge is 0.304 e. The van der Waals surface area contributed by atoms with Crippen molar-refractivity contribution in [1.29, 1.82) is 0 Å². The summed E-state index contributed by atoms with van der Waals surface area (Å²) in [5.41, 5.74) is 5.40. The molecular weight excluding hydrogens is 427 g/mol. The summed E-state index contributed by atoms with van der Waals surface area (Å²) in [6, 6.07) is 15.0. The Balaban J connectivity index is 1.44. The van der Waals surface area contributed by atoms with Crippen molar-refractivity contribution in [3.63, 3.8) is 0 Å². The van der Waals surface area contributed by atoms with Gasteiger partial charge in [-0.2, -0.15) is 5.10 Å². The Hall–Kier alpha value is -3.97. The van der Waals surface area contributed by atoms with Gasteiger partial charge in [-0.3, -0.25) is 9.67 Å². The first-order chi connectivity index (χ1) is 16.7. The van der Waals surface area contributed by atoms with Crippen LogP contribution in [0.4, 0.5) is 4.39 Å². The molecule has 0 amide bonds. The number of likely N-dealkylation sites (N-methyl/N-ethyl adjacent to an activating group) is 1. The molecule has 6 rings (SSSR count). The highest BCUT2D eigenvalue weighted by Crippen LogP contribution is 2.34. The van der Waals surface area contributed by atoms with E-state index in [0.717, 1.165) is 47.2 Å². The first-order valence-corrected chi connectivity index (χ1v) is 11.3. The summed E-state index contributed by atoms with van der Waals surface area (Å²) in [5, 5.41) is 5.52. The fraction of sp³-hybridized carbons (Fsp3) is 0.185. The fourth-order valence-electron chi connectivity index (χ4n) is 4.66. The summed E-state index contributed by atoms with van der Waals surface area (Å²) in [5.74, 6) is -0.312. The molecule has 0 saturated carbocycles. The van der Waals surface area contributed by atoms with Gasteiger partial charge in [0.05, 0.1) is 17.9 Å². The lowest BCUT2D eigenvalue weighted by Crippen LogP contribution is -2.16. The van der Waals surface area contributed by atoms with Crippen molar-refractivity contribution >= 4 is 11.0 Å². The third-order valence-corrected chi connectivity index (χ3v) is 6.46. The number of fused-ring (bicyclic) bond motifs is 1. The molecule has 0 N–H and O–H groups in total. The van der Waals surface area contributed by atoms with E-state index in [1.165, 1.54) is 6.07 Å². The molecule has 168 valence electrons. The molecule has 0 radical (unpaired) electrons. The molecule has 1 aliphatic rings. The highest BCUT2D eigenvalue weighted by atomic mass is 19.1. The SMILES string of the molecule is CN1CC[C@@H](n2cc(-c3cncc(-c4cc(-c5ccccc5F)nc5ncccc45)c3)cn2)C1. The van der Waals surface area contributed by atoms with Crippen LogP contribution in [0.25, 0.3) is 44.5 Å². The van der Waals surface area contributed by atoms with Gasteiger partial charge in [0.1, 0.15) is 5.82 Å². The zero-order valence-electron chi connectivity index (χ0n) is 18.8. The van der Waals surface area contributed by atoms with Crippen LogP contribution in [0, 0.1) is 5.82 Å². The van der Waals surface area contributed by atoms with E-state index in [9.17, 15) is 4.39 Å². The van der Waals surface area contributed by atoms with E-state index in [2.05, 4.69) is 48.9 Å². The molecule has 7 heteroatoms. The summed E-state index contributed by atoms with van der Waals surface area (Å²) in [6.07, 6.45) is 10.5. The summed E-state index contributed by atoms with van der Waals surface area (Å²) < 4.78 is 16.6. The average molecular weight is 451 g/mol. The van der Waals surface area contributed by atoms with E-state index in [0.29, 0.717) is 22.9 Å². The van der Waals surface area contributed by atoms with E-state index in [-0.39, 0.29) is 5.82 Å². The minimum absolute atomic E-state index is 0.312. The van der Waals surface area contributed by atoms with Gasteiger partial charge in [-0.1, -0.05) is 12.1 Å². The molecule has 1 atom stereocenters. The number of nitrogens with zero attached hydrogens (tertiary/aromatic N) is 6. The van der Waals surface area contributed by atoms with Crippen LogP contribution in [-0.2, 0) is 0 Å². The zero-order chi connectivity index (χ0) is 23.1. The quantitative estimate of drug-likeness (QED) is 0.375. The van der Waals surface area contributed by atoms with E-state index in [4.69, 9.17) is 0 Å². The molecule has 1 fully saturated rings. The van der Waals surface area contributed by atoms with Crippen LogP contribution in [-0.4, -0.2) is 49.8 Å². The fourth-order valence-corrected chi connectivity index (χ4v) is 4.66. The Labute approximate surface area is 196 Å². The summed E-state index contributed by atoms with van der Waals surface area (Å²) in [4.78, 5) is 15.9. The molecule has 0 spiro atoms. The van der Waals surface area contributed by atoms with Crippen LogP contribution in [0.2, 0.25) is 0 Å². The minimum Gasteiger partial charge on any atom is -0.304 e. The molecule has 1 aromatic carbocycles. The number of likely N-dealkylation sites (tertiary alicyclic amines) is 1. The smallest absolute Gasteiger partial charge is 0.160 e. The molecule has 4 aromatic heterocycles. The van der Waals surface area contributed by atoms with Gasteiger partial charge in [0.2, 0.25) is 0 Å². The Morgan fingerprint density at radius 2 is 1.82 bits per heavy atom. The van der Waals surface area contributed by atoms with Gasteiger partial charge in [-0.05, 0) is 62.0 Å². The number of benzene rings is 1. The molecular formula is C27H23FN6. The van der Waals surface area contributed by atoms with Crippen molar-refractivity contribution in [3.8, 4) is 33.5 Å². The van der Waals surface area contributed by atoms with Gasteiger partial charge in [-0.25, -0.2) is 14.4 Å². The zero-order valence-corrected chi connectivity index (χ0v) is 18.8. The number of pyridine rings is 3. The second-order valence-corrected chi connectivity index (χ2v) is 8.79. The summed E-state index contributed by atoms with van der Waals surface area (Å²) in [6.45, 7) is 2.10. The highest BCUT2D eigenvalue weighted by molar-refractivity contribution is 5.95. The van der Waals surface area contributed by atoms with Crippen molar-refractivity contribution in [1.82, 2.24) is 29.6 Å². The Morgan fingerprint density at radius 1 is 0.941 bits per heavy atom. The molecule has 6 nitrogen and oxygen atoms in total. The molecule has 5 heterocycles. The highest BCUT2D eigenvalue weighted by Gasteiger charge is 2.22. The van der Waals surface area contributed by atoms with Gasteiger partial charge in [-0.15, -0.1) is 0 Å². The second kappa shape index (κ2) is 8.43. The van der Waals surface area contributed by atoms with Crippen molar-refractivity contribution < 1.29 is 4.39 Å². The predicted octanol–water partition coefficient (Wildman–Crippen LogP) is 5.24. The molecule has 1 aliphatic heterocycles. The first kappa shape index (κ1) is 20.6. The summed E-state index contributed by atoms with van der Waals surface area (Å²) in [7, 11) is 2.14. The first-order valence-electron chi connectivity index (χ1n) is 11.3. The van der Waals surface area contributed by atoms with Crippen molar-refractivity contribution in [3.05, 3.63) is 85.3 Å². The lowest BCUT2D eigenvalue weighted by molar-refractivity contribution is 0.382. The molecule has 5 aromatic rings. The van der Waals surface area contributed by atoms with Crippen molar-refractivity contribution in [2.75, 3.05) is 20.1 Å². The monoisotopic (exact) mass is 450 g/mol. The number of halogens is 1. The van der Waals surface area contributed by atoms with Crippen LogP contribution in [0.5, 0.6) is 0 Å². The van der Waals surface area contributed by atoms with Crippen molar-refractivity contribution in [2.24, 2.45) is 0 Å². The molecule has 1 saturated heterocycles. The minimum atomic E-state index is -0.312. The second-order valence-electron chi connectivity index (χ2n) is 8.79. The molecule has 0 aliphatic carbocycles. The lowest BCUT2D eigenvalue weighted by atomic mass is 9.99. The van der Waals surface area contributed by atoms with E-state index in [1.807, 2.05) is 42.9 Å². The van der Waals surface area contributed by atoms with Crippen LogP contribution in [0.1, 0.15) is 12.5 Å². The Bertz CT molecular complexity index is 1490. The van der Waals surface area contributed by atoms with Crippen molar-refractivity contribution in [2.45, 2.75) is 12.5 Å². The van der Waals surface area contributed by atoms with E-state index < -0.39 is 0 Å². The van der Waals surface area contributed by atoms with Gasteiger partial charge in [0, 0.05) is 59.0 Å². The third-order valence-electron chi connectivity index (χ3n) is 6.46. The van der Waals surface area contributed by atoms with E-state index in [1.54, 1.807) is 18.3 Å². The topological polar surface area (TPSA) is 59.7 Å². The van der Waals surface area contributed by atoms with Gasteiger partial charge in [0.15, 0.2) is 5.65 Å². The molecule has 34 heavy (non-hydrogen) atoms. The van der Waals surface area contributed by atoms with Gasteiger partial charge in [0.25, 0.3) is 0 Å². The van der Waals surface area contributed by atoms with Crippen LogP contribution in [0.3, 0.4) is 0 Å². The predicted molar refractivity (Wildman–Crippen MR) is 131 cm³/mol. The van der Waals surface area contributed by atoms with Gasteiger partial charge < -0.3 is 4.90 Å². The Morgan fingerprint density at radius 3 is 2.68 bits per heavy atom. The third kappa shape index (κ3) is 3.74. The standard InChI is InChI=1S/C27H23FN6/c1-33-10-8-21(17-33)34-16-20(15-31-34)18-11-19(14-29-13-18)24-12-26(23-5-2-3-7-25(23)28)32-27-22(24)6-4-9-30-27/h2-7,9,11-16,21H,8,10,17H2,1H3/t21-/m1/s1. The molecule has 0 bridgehead atoms. The normalized spacial score (nSPS) is 16.4. The number of aromatic nitrogens is 5. The number of hydrogen-bond donors (Lipinski definition) is 0. The molecule has 0 unspecified atom stereocenters. The van der Waals surface area contributed by atoms with Crippen LogP contribution < -0.4 is 0 Å². The lowest BCUT2D eigenvalue weighted by Gasteiger charge is -2.11. The van der Waals surface area contributed by atoms with Crippen LogP contribution in [0.15, 0.2) is 79.5 Å². The Kier molecular flexibility index (Phi) is 5.11.